The lowest BCUT2D eigenvalue weighted by atomic mass is 9.72. The van der Waals surface area contributed by atoms with Crippen LogP contribution in [0.15, 0.2) is 22.7 Å². The summed E-state index contributed by atoms with van der Waals surface area (Å²) in [5.41, 5.74) is 1.38. The molecule has 1 saturated carbocycles. The lowest BCUT2D eigenvalue weighted by Gasteiger charge is -2.35. The van der Waals surface area contributed by atoms with Gasteiger partial charge in [0.15, 0.2) is 0 Å². The fourth-order valence-corrected chi connectivity index (χ4v) is 3.87. The van der Waals surface area contributed by atoms with Gasteiger partial charge in [-0.3, -0.25) is 0 Å². The van der Waals surface area contributed by atoms with E-state index in [1.165, 1.54) is 29.3 Å². The largest absolute Gasteiger partial charge is 0.497 e. The maximum absolute atomic E-state index is 5.36. The zero-order valence-corrected chi connectivity index (χ0v) is 14.4. The molecule has 0 aliphatic heterocycles. The Labute approximate surface area is 131 Å². The molecule has 3 heteroatoms. The van der Waals surface area contributed by atoms with Crippen molar-refractivity contribution in [1.29, 1.82) is 0 Å². The van der Waals surface area contributed by atoms with Gasteiger partial charge in [-0.05, 0) is 74.4 Å². The highest BCUT2D eigenvalue weighted by molar-refractivity contribution is 9.10. The Kier molecular flexibility index (Phi) is 5.91. The number of hydrogen-bond donors (Lipinski definition) is 1. The van der Waals surface area contributed by atoms with Gasteiger partial charge in [-0.15, -0.1) is 0 Å². The number of rotatable bonds is 5. The predicted molar refractivity (Wildman–Crippen MR) is 88.3 cm³/mol. The molecular formula is C17H26BrNO. The van der Waals surface area contributed by atoms with Crippen molar-refractivity contribution in [1.82, 2.24) is 5.32 Å². The maximum Gasteiger partial charge on any atom is 0.119 e. The normalized spacial score (nSPS) is 26.5. The minimum absolute atomic E-state index is 0.773. The van der Waals surface area contributed by atoms with Gasteiger partial charge in [-0.25, -0.2) is 0 Å². The van der Waals surface area contributed by atoms with E-state index in [0.717, 1.165) is 36.5 Å². The minimum atomic E-state index is 0.773. The zero-order valence-electron chi connectivity index (χ0n) is 12.8. The van der Waals surface area contributed by atoms with E-state index in [1.807, 2.05) is 6.07 Å². The van der Waals surface area contributed by atoms with E-state index < -0.39 is 0 Å². The van der Waals surface area contributed by atoms with Crippen molar-refractivity contribution in [2.75, 3.05) is 20.7 Å². The van der Waals surface area contributed by atoms with Crippen LogP contribution < -0.4 is 10.1 Å². The van der Waals surface area contributed by atoms with Gasteiger partial charge in [-0.1, -0.05) is 29.3 Å². The van der Waals surface area contributed by atoms with Gasteiger partial charge >= 0.3 is 0 Å². The number of benzene rings is 1. The number of ether oxygens (including phenoxy) is 1. The molecule has 1 aromatic carbocycles. The summed E-state index contributed by atoms with van der Waals surface area (Å²) in [4.78, 5) is 0. The van der Waals surface area contributed by atoms with Crippen LogP contribution in [0.4, 0.5) is 0 Å². The fourth-order valence-electron chi connectivity index (χ4n) is 3.46. The van der Waals surface area contributed by atoms with Gasteiger partial charge in [0.05, 0.1) is 7.11 Å². The lowest BCUT2D eigenvalue weighted by molar-refractivity contribution is 0.186. The van der Waals surface area contributed by atoms with Crippen molar-refractivity contribution in [3.8, 4) is 5.75 Å². The molecule has 1 aromatic rings. The molecule has 0 radical (unpaired) electrons. The van der Waals surface area contributed by atoms with Crippen LogP contribution in [0.3, 0.4) is 0 Å². The minimum Gasteiger partial charge on any atom is -0.497 e. The highest BCUT2D eigenvalue weighted by Crippen LogP contribution is 2.37. The molecule has 0 aromatic heterocycles. The summed E-state index contributed by atoms with van der Waals surface area (Å²) in [6, 6.07) is 6.30. The monoisotopic (exact) mass is 339 g/mol. The third-order valence-electron chi connectivity index (χ3n) is 4.60. The predicted octanol–water partition coefficient (Wildman–Crippen LogP) is 4.27. The Hall–Kier alpha value is -0.540. The van der Waals surface area contributed by atoms with Crippen molar-refractivity contribution in [2.45, 2.75) is 32.6 Å². The molecule has 0 bridgehead atoms. The molecule has 2 nitrogen and oxygen atoms in total. The van der Waals surface area contributed by atoms with Crippen LogP contribution in [0, 0.1) is 17.8 Å². The second-order valence-electron chi connectivity index (χ2n) is 6.16. The second-order valence-corrected chi connectivity index (χ2v) is 7.01. The van der Waals surface area contributed by atoms with E-state index in [4.69, 9.17) is 4.74 Å². The van der Waals surface area contributed by atoms with E-state index in [9.17, 15) is 0 Å². The smallest absolute Gasteiger partial charge is 0.119 e. The Morgan fingerprint density at radius 2 is 2.10 bits per heavy atom. The number of nitrogens with one attached hydrogen (secondary N) is 1. The standard InChI is InChI=1S/C17H26BrNO/c1-12-4-5-13(11-19-2)14(8-12)9-15-10-16(20-3)6-7-17(15)18/h6-7,10,12-14,19H,4-5,8-9,11H2,1-3H3. The quantitative estimate of drug-likeness (QED) is 0.864. The molecule has 2 rings (SSSR count). The van der Waals surface area contributed by atoms with Crippen LogP contribution in [0.2, 0.25) is 0 Å². The van der Waals surface area contributed by atoms with E-state index in [0.29, 0.717) is 0 Å². The molecule has 0 spiro atoms. The third-order valence-corrected chi connectivity index (χ3v) is 5.38. The third kappa shape index (κ3) is 3.98. The fraction of sp³-hybridized carbons (Fsp3) is 0.647. The highest BCUT2D eigenvalue weighted by atomic mass is 79.9. The summed E-state index contributed by atoms with van der Waals surface area (Å²) >= 11 is 3.69. The van der Waals surface area contributed by atoms with E-state index in [-0.39, 0.29) is 0 Å². The number of hydrogen-bond acceptors (Lipinski definition) is 2. The molecule has 0 heterocycles. The maximum atomic E-state index is 5.36. The number of methoxy groups -OCH3 is 1. The van der Waals surface area contributed by atoms with Crippen LogP contribution >= 0.6 is 15.9 Å². The van der Waals surface area contributed by atoms with Crippen LogP contribution in [-0.4, -0.2) is 20.7 Å². The Bertz CT molecular complexity index is 435. The molecule has 112 valence electrons. The molecule has 3 atom stereocenters. The van der Waals surface area contributed by atoms with E-state index in [2.05, 4.69) is 47.4 Å². The molecule has 20 heavy (non-hydrogen) atoms. The topological polar surface area (TPSA) is 21.3 Å². The highest BCUT2D eigenvalue weighted by Gasteiger charge is 2.28. The molecule has 1 aliphatic carbocycles. The van der Waals surface area contributed by atoms with Gasteiger partial charge in [-0.2, -0.15) is 0 Å². The summed E-state index contributed by atoms with van der Waals surface area (Å²) in [5, 5.41) is 3.37. The summed E-state index contributed by atoms with van der Waals surface area (Å²) in [6.07, 6.45) is 5.22. The van der Waals surface area contributed by atoms with Gasteiger partial charge < -0.3 is 10.1 Å². The second kappa shape index (κ2) is 7.46. The van der Waals surface area contributed by atoms with Crippen LogP contribution in [0.5, 0.6) is 5.75 Å². The summed E-state index contributed by atoms with van der Waals surface area (Å²) in [7, 11) is 3.80. The van der Waals surface area contributed by atoms with E-state index in [1.54, 1.807) is 7.11 Å². The van der Waals surface area contributed by atoms with Gasteiger partial charge in [0.2, 0.25) is 0 Å². The molecule has 0 saturated heterocycles. The van der Waals surface area contributed by atoms with Crippen LogP contribution in [0.1, 0.15) is 31.7 Å². The first-order chi connectivity index (χ1) is 9.63. The van der Waals surface area contributed by atoms with Crippen molar-refractivity contribution < 1.29 is 4.74 Å². The van der Waals surface area contributed by atoms with Crippen molar-refractivity contribution >= 4 is 15.9 Å². The lowest BCUT2D eigenvalue weighted by Crippen LogP contribution is -2.32. The summed E-state index contributed by atoms with van der Waals surface area (Å²) < 4.78 is 6.57. The first kappa shape index (κ1) is 15.8. The average Bonchev–Trinajstić information content (AvgIpc) is 2.44. The first-order valence-corrected chi connectivity index (χ1v) is 8.40. The van der Waals surface area contributed by atoms with Crippen molar-refractivity contribution in [2.24, 2.45) is 17.8 Å². The molecule has 0 amide bonds. The van der Waals surface area contributed by atoms with Gasteiger partial charge in [0, 0.05) is 4.47 Å². The zero-order chi connectivity index (χ0) is 14.5. The van der Waals surface area contributed by atoms with Crippen LogP contribution in [-0.2, 0) is 6.42 Å². The summed E-state index contributed by atoms with van der Waals surface area (Å²) in [6.45, 7) is 3.53. The molecule has 1 aliphatic rings. The molecule has 1 fully saturated rings. The Morgan fingerprint density at radius 1 is 1.30 bits per heavy atom. The molecular weight excluding hydrogens is 314 g/mol. The summed E-state index contributed by atoms with van der Waals surface area (Å²) in [5.74, 6) is 3.39. The van der Waals surface area contributed by atoms with Crippen molar-refractivity contribution in [3.63, 3.8) is 0 Å². The first-order valence-electron chi connectivity index (χ1n) is 7.61. The average molecular weight is 340 g/mol. The van der Waals surface area contributed by atoms with Crippen LogP contribution in [0.25, 0.3) is 0 Å². The van der Waals surface area contributed by atoms with Crippen molar-refractivity contribution in [3.05, 3.63) is 28.2 Å². The SMILES string of the molecule is CNCC1CCC(C)CC1Cc1cc(OC)ccc1Br. The van der Waals surface area contributed by atoms with Gasteiger partial charge in [0.25, 0.3) is 0 Å². The molecule has 1 N–H and O–H groups in total. The number of halogens is 1. The molecule has 3 unspecified atom stereocenters. The Balaban J connectivity index is 2.12. The Morgan fingerprint density at radius 3 is 2.80 bits per heavy atom. The van der Waals surface area contributed by atoms with Gasteiger partial charge in [0.1, 0.15) is 5.75 Å². The van der Waals surface area contributed by atoms with E-state index >= 15 is 0 Å².